The third-order valence-electron chi connectivity index (χ3n) is 11.3. The van der Waals surface area contributed by atoms with Crippen LogP contribution in [-0.4, -0.2) is 40.8 Å². The Morgan fingerprint density at radius 3 is 0.973 bits per heavy atom. The van der Waals surface area contributed by atoms with Crippen LogP contribution in [-0.2, 0) is 51.8 Å². The number of nitrogens with zero attached hydrogens (tertiary/aromatic N) is 2. The molecule has 406 valence electrons. The van der Waals surface area contributed by atoms with Gasteiger partial charge in [0.25, 0.3) is 0 Å². The van der Waals surface area contributed by atoms with Crippen molar-refractivity contribution in [3.63, 3.8) is 0 Å². The van der Waals surface area contributed by atoms with Crippen molar-refractivity contribution >= 4 is 52.9 Å². The van der Waals surface area contributed by atoms with E-state index in [0.29, 0.717) is 29.2 Å². The molecule has 1 fully saturated rings. The molecule has 0 heterocycles. The molecule has 0 radical (unpaired) electrons. The molecule has 4 atom stereocenters. The predicted octanol–water partition coefficient (Wildman–Crippen LogP) is 14.0. The summed E-state index contributed by atoms with van der Waals surface area (Å²) in [5.41, 5.74) is 7.89. The second kappa shape index (κ2) is 30.8. The molecule has 4 aromatic carbocycles. The van der Waals surface area contributed by atoms with Crippen molar-refractivity contribution in [3.05, 3.63) is 106 Å². The molecule has 1 saturated carbocycles. The topological polar surface area (TPSA) is 90.1 Å². The predicted molar refractivity (Wildman–Crippen MR) is 292 cm³/mol. The molecule has 0 aromatic heterocycles. The van der Waals surface area contributed by atoms with E-state index in [9.17, 15) is 34.5 Å². The van der Waals surface area contributed by atoms with Crippen LogP contribution < -0.4 is 41.3 Å². The fraction of sp³-hybridized carbons (Fsp3) is 0.519. The third kappa shape index (κ3) is 26.1. The minimum absolute atomic E-state index is 0. The Kier molecular flexibility index (Phi) is 29.2. The summed E-state index contributed by atoms with van der Waals surface area (Å²) in [6.07, 6.45) is 4.95. The number of methoxy groups -OCH3 is 2. The largest absolute Gasteiger partial charge is 2.00 e. The normalized spacial score (nSPS) is 15.2. The maximum Gasteiger partial charge on any atom is 2.00 e. The second-order valence-corrected chi connectivity index (χ2v) is 24.2. The van der Waals surface area contributed by atoms with Crippen molar-refractivity contribution < 1.29 is 61.1 Å². The Morgan fingerprint density at radius 1 is 0.521 bits per heavy atom. The van der Waals surface area contributed by atoms with E-state index in [0.717, 1.165) is 24.6 Å². The molecule has 19 heteroatoms. The molecule has 0 amide bonds. The van der Waals surface area contributed by atoms with Crippen LogP contribution in [0.3, 0.4) is 0 Å². The van der Waals surface area contributed by atoms with Crippen LogP contribution in [0, 0.1) is 22.7 Å². The van der Waals surface area contributed by atoms with E-state index in [4.69, 9.17) is 20.0 Å². The number of nitrogens with one attached hydrogen (secondary N) is 2. The molecule has 73 heavy (non-hydrogen) atoms. The summed E-state index contributed by atoms with van der Waals surface area (Å²) in [6, 6.07) is 32.1. The first kappa shape index (κ1) is 69.3. The summed E-state index contributed by atoms with van der Waals surface area (Å²) in [5, 5.41) is 28.3. The van der Waals surface area contributed by atoms with Crippen LogP contribution >= 0.6 is 17.2 Å². The Hall–Kier alpha value is -3.67. The van der Waals surface area contributed by atoms with Gasteiger partial charge in [0.15, 0.2) is 0 Å². The first-order chi connectivity index (χ1) is 33.0. The average Bonchev–Trinajstić information content (AvgIpc) is 3.23. The zero-order valence-electron chi connectivity index (χ0n) is 45.6. The van der Waals surface area contributed by atoms with E-state index >= 15 is 0 Å². The SMILES string of the molecule is CC#N.CC#N.COc1c(C(C)(C)C)cc(Pc2ccccc2CN[C@@H]2CCCC[C@H]2NCc2ccccc2Pc2cc(C(C)(C)C)c(OC)c(C(C)(C)C)c2)cc1C(C)(C)C.F[B-](F)(F)F.F[B-](F)(F)F.[Fe+2]. The van der Waals surface area contributed by atoms with E-state index in [2.05, 4.69) is 167 Å². The molecule has 5 rings (SSSR count). The Labute approximate surface area is 446 Å². The molecule has 0 saturated heterocycles. The van der Waals surface area contributed by atoms with Crippen molar-refractivity contribution in [2.24, 2.45) is 0 Å². The minimum Gasteiger partial charge on any atom is -0.496 e. The first-order valence-corrected chi connectivity index (χ1v) is 26.0. The van der Waals surface area contributed by atoms with Gasteiger partial charge in [-0.25, -0.2) is 0 Å². The van der Waals surface area contributed by atoms with Crippen LogP contribution in [0.15, 0.2) is 72.8 Å². The number of hydrogen-bond acceptors (Lipinski definition) is 6. The maximum absolute atomic E-state index is 9.75. The molecule has 4 aromatic rings. The number of benzene rings is 4. The van der Waals surface area contributed by atoms with Gasteiger partial charge in [-0.05, 0) is 91.1 Å². The van der Waals surface area contributed by atoms with Crippen molar-refractivity contribution in [3.8, 4) is 23.6 Å². The Bertz CT molecular complexity index is 2140. The Balaban J connectivity index is 0.00000267. The first-order valence-electron chi connectivity index (χ1n) is 24.0. The van der Waals surface area contributed by atoms with Gasteiger partial charge in [0.1, 0.15) is 11.5 Å². The van der Waals surface area contributed by atoms with Crippen molar-refractivity contribution in [1.29, 1.82) is 10.5 Å². The molecule has 2 unspecified atom stereocenters. The van der Waals surface area contributed by atoms with Gasteiger partial charge in [-0.1, -0.05) is 162 Å². The standard InChI is InChI=1S/C50H72N2O2P2.2C2H3N.2BF4.Fe/c1-47(2,3)37-27-35(28-38(45(37)53-13)48(4,5)6)55-43-25-19-15-21-33(43)31-51-41-23-17-18-24-42(41)52-32-34-22-16-20-26-44(34)56-36-29-39(49(7,8)9)46(54-14)40(30-36)50(10,11)12;2*1-2-3;2*2-1(3,4)5;/h15-16,19-22,25-30,41-42,51-52,55-56H,17-18,23-24,31-32H2,1-14H3;2*1H3;;;/q;;;2*-1;+2/t41-,42-;;;;;/m1...../s1. The van der Waals surface area contributed by atoms with Gasteiger partial charge in [-0.15, -0.1) is 0 Å². The van der Waals surface area contributed by atoms with Gasteiger partial charge in [-0.2, -0.15) is 10.5 Å². The Morgan fingerprint density at radius 2 is 0.753 bits per heavy atom. The van der Waals surface area contributed by atoms with Gasteiger partial charge in [-0.3, -0.25) is 0 Å². The summed E-state index contributed by atoms with van der Waals surface area (Å²) in [5.74, 6) is 2.08. The average molecular weight is 1110 g/mol. The van der Waals surface area contributed by atoms with E-state index < -0.39 is 14.5 Å². The van der Waals surface area contributed by atoms with Crippen LogP contribution in [0.1, 0.15) is 156 Å². The monoisotopic (exact) mass is 1110 g/mol. The van der Waals surface area contributed by atoms with E-state index in [-0.39, 0.29) is 38.7 Å². The number of nitriles is 2. The van der Waals surface area contributed by atoms with Gasteiger partial charge in [0.05, 0.1) is 26.4 Å². The van der Waals surface area contributed by atoms with Gasteiger partial charge in [0, 0.05) is 61.3 Å². The zero-order valence-corrected chi connectivity index (χ0v) is 48.7. The van der Waals surface area contributed by atoms with Crippen LogP contribution in [0.5, 0.6) is 11.5 Å². The second-order valence-electron chi connectivity index (χ2n) is 21.5. The number of rotatable bonds is 12. The van der Waals surface area contributed by atoms with Crippen molar-refractivity contribution in [1.82, 2.24) is 10.6 Å². The molecule has 0 aliphatic heterocycles. The van der Waals surface area contributed by atoms with Gasteiger partial charge >= 0.3 is 31.6 Å². The quantitative estimate of drug-likeness (QED) is 0.0835. The number of ether oxygens (including phenoxy) is 2. The fourth-order valence-electron chi connectivity index (χ4n) is 8.08. The summed E-state index contributed by atoms with van der Waals surface area (Å²) in [7, 11) is -7.20. The fourth-order valence-corrected chi connectivity index (χ4v) is 10.6. The van der Waals surface area contributed by atoms with Crippen molar-refractivity contribution in [2.45, 2.75) is 169 Å². The smallest absolute Gasteiger partial charge is 0.496 e. The molecule has 6 nitrogen and oxygen atoms in total. The number of halogens is 8. The summed E-state index contributed by atoms with van der Waals surface area (Å²) < 4.78 is 90.2. The third-order valence-corrected chi connectivity index (χ3v) is 14.0. The van der Waals surface area contributed by atoms with Crippen LogP contribution in [0.25, 0.3) is 0 Å². The van der Waals surface area contributed by atoms with Gasteiger partial charge in [0.2, 0.25) is 0 Å². The van der Waals surface area contributed by atoms with Gasteiger partial charge < -0.3 is 54.6 Å². The van der Waals surface area contributed by atoms with Crippen molar-refractivity contribution in [2.75, 3.05) is 14.2 Å². The molecule has 2 N–H and O–H groups in total. The molecule has 1 aliphatic carbocycles. The summed E-state index contributed by atoms with van der Waals surface area (Å²) >= 11 is 0. The molecule has 0 bridgehead atoms. The van der Waals surface area contributed by atoms with E-state index in [1.54, 1.807) is 12.1 Å². The maximum atomic E-state index is 9.75. The molecular formula is C54H78B2F8FeN4O2P2. The minimum atomic E-state index is -6.00. The molecule has 1 aliphatic rings. The van der Waals surface area contributed by atoms with E-state index in [1.165, 1.54) is 94.1 Å². The van der Waals surface area contributed by atoms with Crippen LogP contribution in [0.4, 0.5) is 34.5 Å². The summed E-state index contributed by atoms with van der Waals surface area (Å²) in [4.78, 5) is 0. The zero-order chi connectivity index (χ0) is 55.5. The summed E-state index contributed by atoms with van der Waals surface area (Å²) in [6.45, 7) is 32.1. The molecular weight excluding hydrogens is 1030 g/mol. The number of hydrogen-bond donors (Lipinski definition) is 2. The van der Waals surface area contributed by atoms with E-state index in [1.807, 2.05) is 14.2 Å². The van der Waals surface area contributed by atoms with Crippen LogP contribution in [0.2, 0.25) is 0 Å². The molecule has 0 spiro atoms.